The van der Waals surface area contributed by atoms with Crippen molar-refractivity contribution in [2.75, 3.05) is 32.1 Å². The standard InChI is InChI=1S/C30H42N8O7/c1-29(2,11-39)17-4-5-19-20(9-17)36-22(35-19)6-3-16-7-18(8-16)38(30(44,12-40)13-41)10-21-24(42)25(43)28(45-21)37-15-34-23-26(31)32-14-33-27(23)37/h4-5,9,14-16,18,21,24-25,28,39-44H,3,6-8,10-13H2,1-2H3,(H,35,36)(H2,31,32,33). The lowest BCUT2D eigenvalue weighted by Crippen LogP contribution is -2.63. The number of aromatic nitrogens is 6. The van der Waals surface area contributed by atoms with E-state index in [0.717, 1.165) is 35.3 Å². The van der Waals surface area contributed by atoms with Crippen LogP contribution < -0.4 is 5.73 Å². The second-order valence-electron chi connectivity index (χ2n) is 13.1. The van der Waals surface area contributed by atoms with E-state index in [1.807, 2.05) is 32.0 Å². The van der Waals surface area contributed by atoms with Gasteiger partial charge in [-0.25, -0.2) is 19.9 Å². The van der Waals surface area contributed by atoms with E-state index in [-0.39, 0.29) is 30.4 Å². The fourth-order valence-corrected chi connectivity index (χ4v) is 6.48. The molecule has 4 unspecified atom stereocenters. The Morgan fingerprint density at radius 2 is 1.82 bits per heavy atom. The summed E-state index contributed by atoms with van der Waals surface area (Å²) < 4.78 is 7.56. The molecule has 2 fully saturated rings. The first kappa shape index (κ1) is 31.7. The van der Waals surface area contributed by atoms with Crippen LogP contribution in [0.3, 0.4) is 0 Å². The Kier molecular flexibility index (Phi) is 8.56. The monoisotopic (exact) mass is 626 g/mol. The summed E-state index contributed by atoms with van der Waals surface area (Å²) in [4.78, 5) is 22.0. The van der Waals surface area contributed by atoms with Gasteiger partial charge < -0.3 is 46.1 Å². The van der Waals surface area contributed by atoms with E-state index in [9.17, 15) is 30.6 Å². The van der Waals surface area contributed by atoms with Gasteiger partial charge in [0.05, 0.1) is 37.2 Å². The topological polar surface area (TPSA) is 232 Å². The number of hydrogen-bond donors (Lipinski definition) is 8. The third-order valence-corrected chi connectivity index (χ3v) is 9.56. The van der Waals surface area contributed by atoms with Crippen LogP contribution in [-0.2, 0) is 16.6 Å². The number of aliphatic hydroxyl groups is 6. The van der Waals surface area contributed by atoms with E-state index in [1.165, 1.54) is 17.2 Å². The largest absolute Gasteiger partial charge is 0.395 e. The fraction of sp³-hybridized carbons (Fsp3) is 0.600. The minimum Gasteiger partial charge on any atom is -0.395 e. The first-order valence-electron chi connectivity index (χ1n) is 15.2. The van der Waals surface area contributed by atoms with Gasteiger partial charge >= 0.3 is 0 Å². The third-order valence-electron chi connectivity index (χ3n) is 9.56. The number of nitrogens with one attached hydrogen (secondary N) is 1. The number of aliphatic hydroxyl groups excluding tert-OH is 5. The van der Waals surface area contributed by atoms with Gasteiger partial charge in [0.25, 0.3) is 0 Å². The van der Waals surface area contributed by atoms with Gasteiger partial charge in [-0.1, -0.05) is 19.9 Å². The van der Waals surface area contributed by atoms with Crippen LogP contribution in [-0.4, -0.2) is 121 Å². The van der Waals surface area contributed by atoms with E-state index < -0.39 is 43.5 Å². The molecule has 1 aliphatic carbocycles. The van der Waals surface area contributed by atoms with Crippen molar-refractivity contribution in [3.63, 3.8) is 0 Å². The van der Waals surface area contributed by atoms with Crippen LogP contribution >= 0.6 is 0 Å². The molecule has 1 saturated carbocycles. The number of nitrogens with two attached hydrogens (primary N) is 1. The molecular weight excluding hydrogens is 584 g/mol. The number of benzene rings is 1. The van der Waals surface area contributed by atoms with Crippen molar-refractivity contribution in [1.82, 2.24) is 34.4 Å². The first-order chi connectivity index (χ1) is 21.5. The first-order valence-corrected chi connectivity index (χ1v) is 15.2. The minimum atomic E-state index is -1.95. The van der Waals surface area contributed by atoms with E-state index in [4.69, 9.17) is 15.5 Å². The van der Waals surface area contributed by atoms with Gasteiger partial charge in [-0.15, -0.1) is 0 Å². The van der Waals surface area contributed by atoms with Gasteiger partial charge in [0.15, 0.2) is 23.4 Å². The normalized spacial score (nSPS) is 25.9. The van der Waals surface area contributed by atoms with Crippen molar-refractivity contribution < 1.29 is 35.4 Å². The van der Waals surface area contributed by atoms with Gasteiger partial charge in [-0.2, -0.15) is 0 Å². The van der Waals surface area contributed by atoms with Crippen molar-refractivity contribution >= 4 is 28.0 Å². The summed E-state index contributed by atoms with van der Waals surface area (Å²) in [6.07, 6.45) is 0.955. The molecule has 4 aromatic rings. The van der Waals surface area contributed by atoms with Crippen LogP contribution in [0.25, 0.3) is 22.2 Å². The molecule has 15 heteroatoms. The second-order valence-corrected chi connectivity index (χ2v) is 13.1. The molecule has 3 aromatic heterocycles. The number of aryl methyl sites for hydroxylation is 1. The van der Waals surface area contributed by atoms with E-state index in [1.54, 1.807) is 4.90 Å². The SMILES string of the molecule is CC(C)(CO)c1ccc2nc(CCC3CC(N(CC4OC(n5cnc6c(N)ncnc65)C(O)C4O)C(O)(CO)CO)C3)[nH]c2c1. The molecule has 0 radical (unpaired) electrons. The quantitative estimate of drug-likeness (QED) is 0.0933. The number of nitrogens with zero attached hydrogens (tertiary/aromatic N) is 6. The number of ether oxygens (including phenoxy) is 1. The number of H-pyrrole nitrogens is 1. The number of anilines is 1. The Morgan fingerprint density at radius 1 is 1.07 bits per heavy atom. The lowest BCUT2D eigenvalue weighted by molar-refractivity contribution is -0.206. The van der Waals surface area contributed by atoms with Crippen LogP contribution in [0, 0.1) is 5.92 Å². The predicted molar refractivity (Wildman–Crippen MR) is 163 cm³/mol. The number of rotatable bonds is 12. The molecule has 15 nitrogen and oxygen atoms in total. The third kappa shape index (κ3) is 5.79. The van der Waals surface area contributed by atoms with E-state index in [0.29, 0.717) is 29.9 Å². The Labute approximate surface area is 259 Å². The van der Waals surface area contributed by atoms with Gasteiger partial charge in [-0.3, -0.25) is 9.47 Å². The Hall–Kier alpha value is -3.28. The molecular formula is C30H42N8O7. The lowest BCUT2D eigenvalue weighted by Gasteiger charge is -2.50. The molecule has 9 N–H and O–H groups in total. The van der Waals surface area contributed by atoms with Crippen molar-refractivity contribution in [3.05, 3.63) is 42.2 Å². The van der Waals surface area contributed by atoms with Crippen LogP contribution in [0.1, 0.15) is 50.7 Å². The summed E-state index contributed by atoms with van der Waals surface area (Å²) in [6, 6.07) is 5.78. The minimum absolute atomic E-state index is 0.0425. The molecule has 1 saturated heterocycles. The predicted octanol–water partition coefficient (Wildman–Crippen LogP) is -0.439. The van der Waals surface area contributed by atoms with Crippen LogP contribution in [0.15, 0.2) is 30.9 Å². The Balaban J connectivity index is 1.11. The molecule has 1 aromatic carbocycles. The van der Waals surface area contributed by atoms with E-state index in [2.05, 4.69) is 19.9 Å². The highest BCUT2D eigenvalue weighted by molar-refractivity contribution is 5.81. The number of hydrogen-bond acceptors (Lipinski definition) is 13. The molecule has 4 heterocycles. The smallest absolute Gasteiger partial charge is 0.167 e. The molecule has 6 rings (SSSR count). The van der Waals surface area contributed by atoms with Crippen LogP contribution in [0.2, 0.25) is 0 Å². The molecule has 45 heavy (non-hydrogen) atoms. The molecule has 4 atom stereocenters. The van der Waals surface area contributed by atoms with E-state index >= 15 is 0 Å². The number of nitrogen functional groups attached to an aromatic ring is 1. The number of aromatic amines is 1. The lowest BCUT2D eigenvalue weighted by atomic mass is 9.75. The zero-order chi connectivity index (χ0) is 32.1. The van der Waals surface area contributed by atoms with Gasteiger partial charge in [0.1, 0.15) is 36.0 Å². The van der Waals surface area contributed by atoms with Gasteiger partial charge in [-0.05, 0) is 42.9 Å². The molecule has 0 amide bonds. The maximum absolute atomic E-state index is 11.2. The summed E-state index contributed by atoms with van der Waals surface area (Å²) in [5.74, 6) is 1.35. The maximum Gasteiger partial charge on any atom is 0.167 e. The van der Waals surface area contributed by atoms with Gasteiger partial charge in [0.2, 0.25) is 0 Å². The summed E-state index contributed by atoms with van der Waals surface area (Å²) >= 11 is 0. The summed E-state index contributed by atoms with van der Waals surface area (Å²) in [6.45, 7) is 2.52. The van der Waals surface area contributed by atoms with Crippen LogP contribution in [0.4, 0.5) is 5.82 Å². The zero-order valence-corrected chi connectivity index (χ0v) is 25.4. The molecule has 0 bridgehead atoms. The highest BCUT2D eigenvalue weighted by atomic mass is 16.6. The van der Waals surface area contributed by atoms with Crippen molar-refractivity contribution in [1.29, 1.82) is 0 Å². The summed E-state index contributed by atoms with van der Waals surface area (Å²) in [5, 5.41) is 62.9. The molecule has 0 spiro atoms. The maximum atomic E-state index is 11.2. The highest BCUT2D eigenvalue weighted by Crippen LogP contribution is 2.40. The number of imidazole rings is 2. The Morgan fingerprint density at radius 3 is 2.53 bits per heavy atom. The molecule has 2 aliphatic rings. The highest BCUT2D eigenvalue weighted by Gasteiger charge is 2.50. The fourth-order valence-electron chi connectivity index (χ4n) is 6.48. The summed E-state index contributed by atoms with van der Waals surface area (Å²) in [7, 11) is 0. The van der Waals surface area contributed by atoms with Crippen molar-refractivity contribution in [2.24, 2.45) is 5.92 Å². The average molecular weight is 627 g/mol. The van der Waals surface area contributed by atoms with Crippen molar-refractivity contribution in [3.8, 4) is 0 Å². The van der Waals surface area contributed by atoms with Crippen molar-refractivity contribution in [2.45, 2.75) is 81.3 Å². The van der Waals surface area contributed by atoms with Crippen LogP contribution in [0.5, 0.6) is 0 Å². The Bertz CT molecular complexity index is 1630. The molecule has 244 valence electrons. The average Bonchev–Trinajstić information content (AvgIpc) is 3.71. The zero-order valence-electron chi connectivity index (χ0n) is 25.4. The van der Waals surface area contributed by atoms with Gasteiger partial charge in [0, 0.05) is 24.4 Å². The summed E-state index contributed by atoms with van der Waals surface area (Å²) in [5.41, 5.74) is 7.07. The molecule has 1 aliphatic heterocycles. The number of fused-ring (bicyclic) bond motifs is 2. The second kappa shape index (κ2) is 12.1.